The Morgan fingerprint density at radius 2 is 2.17 bits per heavy atom. The van der Waals surface area contributed by atoms with Crippen LogP contribution < -0.4 is 5.73 Å². The van der Waals surface area contributed by atoms with Gasteiger partial charge in [-0.15, -0.1) is 0 Å². The summed E-state index contributed by atoms with van der Waals surface area (Å²) in [7, 11) is 0. The fourth-order valence-corrected chi connectivity index (χ4v) is 2.83. The van der Waals surface area contributed by atoms with E-state index in [1.165, 1.54) is 0 Å². The number of rotatable bonds is 4. The molecule has 2 fully saturated rings. The van der Waals surface area contributed by atoms with Gasteiger partial charge in [-0.3, -0.25) is 4.79 Å². The van der Waals surface area contributed by atoms with Gasteiger partial charge in [0.25, 0.3) is 0 Å². The van der Waals surface area contributed by atoms with E-state index in [0.29, 0.717) is 12.6 Å². The van der Waals surface area contributed by atoms with E-state index in [-0.39, 0.29) is 5.91 Å². The molecule has 0 saturated heterocycles. The molecule has 18 heavy (non-hydrogen) atoms. The van der Waals surface area contributed by atoms with Gasteiger partial charge in [-0.2, -0.15) is 0 Å². The van der Waals surface area contributed by atoms with Crippen molar-refractivity contribution in [1.82, 2.24) is 4.90 Å². The van der Waals surface area contributed by atoms with Crippen LogP contribution in [0.4, 0.5) is 0 Å². The van der Waals surface area contributed by atoms with Crippen LogP contribution in [0.3, 0.4) is 0 Å². The second-order valence-electron chi connectivity index (χ2n) is 5.61. The molecular weight excluding hydrogens is 228 g/mol. The van der Waals surface area contributed by atoms with Crippen molar-refractivity contribution in [2.24, 2.45) is 5.73 Å². The van der Waals surface area contributed by atoms with Crippen molar-refractivity contribution in [2.75, 3.05) is 0 Å². The molecular formula is C14H20N2O2. The maximum absolute atomic E-state index is 12.6. The first-order chi connectivity index (χ1) is 8.69. The molecule has 98 valence electrons. The average molecular weight is 248 g/mol. The van der Waals surface area contributed by atoms with E-state index in [1.807, 2.05) is 17.0 Å². The average Bonchev–Trinajstić information content (AvgIpc) is 2.89. The highest BCUT2D eigenvalue weighted by Crippen LogP contribution is 2.35. The topological polar surface area (TPSA) is 59.5 Å². The van der Waals surface area contributed by atoms with Crippen LogP contribution in [0.5, 0.6) is 0 Å². The number of carbonyl (C=O) groups excluding carboxylic acids is 1. The van der Waals surface area contributed by atoms with Crippen molar-refractivity contribution in [3.8, 4) is 0 Å². The van der Waals surface area contributed by atoms with Crippen molar-refractivity contribution in [1.29, 1.82) is 0 Å². The number of nitrogens with two attached hydrogens (primary N) is 1. The van der Waals surface area contributed by atoms with Gasteiger partial charge in [-0.05, 0) is 37.8 Å². The van der Waals surface area contributed by atoms with Gasteiger partial charge in [0.15, 0.2) is 0 Å². The number of hydrogen-bond donors (Lipinski definition) is 1. The van der Waals surface area contributed by atoms with Crippen LogP contribution in [0.2, 0.25) is 0 Å². The van der Waals surface area contributed by atoms with Gasteiger partial charge < -0.3 is 15.1 Å². The number of amides is 1. The number of nitrogens with zero attached hydrogens (tertiary/aromatic N) is 1. The van der Waals surface area contributed by atoms with Gasteiger partial charge in [0.1, 0.15) is 5.76 Å². The summed E-state index contributed by atoms with van der Waals surface area (Å²) in [6.07, 6.45) is 7.65. The molecule has 4 heteroatoms. The van der Waals surface area contributed by atoms with Crippen LogP contribution in [-0.2, 0) is 11.3 Å². The summed E-state index contributed by atoms with van der Waals surface area (Å²) in [6, 6.07) is 4.16. The SMILES string of the molecule is NC1(C(=O)N(Cc2ccco2)C2CC2)CCCC1. The van der Waals surface area contributed by atoms with Crippen molar-refractivity contribution >= 4 is 5.91 Å². The number of hydrogen-bond acceptors (Lipinski definition) is 3. The predicted molar refractivity (Wildman–Crippen MR) is 67.7 cm³/mol. The minimum atomic E-state index is -0.616. The van der Waals surface area contributed by atoms with Crippen molar-refractivity contribution in [3.05, 3.63) is 24.2 Å². The van der Waals surface area contributed by atoms with Gasteiger partial charge >= 0.3 is 0 Å². The normalized spacial score (nSPS) is 22.1. The first-order valence-corrected chi connectivity index (χ1v) is 6.81. The van der Waals surface area contributed by atoms with Gasteiger partial charge in [0, 0.05) is 6.04 Å². The number of furan rings is 1. The molecule has 1 amide bonds. The van der Waals surface area contributed by atoms with Crippen LogP contribution in [0.15, 0.2) is 22.8 Å². The van der Waals surface area contributed by atoms with Crippen LogP contribution in [0.1, 0.15) is 44.3 Å². The zero-order chi connectivity index (χ0) is 12.6. The lowest BCUT2D eigenvalue weighted by Gasteiger charge is -2.31. The molecule has 0 aromatic carbocycles. The van der Waals surface area contributed by atoms with E-state index in [2.05, 4.69) is 0 Å². The fraction of sp³-hybridized carbons (Fsp3) is 0.643. The Hall–Kier alpha value is -1.29. The predicted octanol–water partition coefficient (Wildman–Crippen LogP) is 2.04. The molecule has 0 aliphatic heterocycles. The highest BCUT2D eigenvalue weighted by atomic mass is 16.3. The molecule has 1 heterocycles. The van der Waals surface area contributed by atoms with E-state index in [4.69, 9.17) is 10.2 Å². The molecule has 0 spiro atoms. The third-order valence-electron chi connectivity index (χ3n) is 4.08. The Labute approximate surface area is 107 Å². The Balaban J connectivity index is 1.75. The third kappa shape index (κ3) is 2.17. The molecule has 1 aromatic rings. The standard InChI is InChI=1S/C14H20N2O2/c15-14(7-1-2-8-14)13(17)16(11-5-6-11)10-12-4-3-9-18-12/h3-4,9,11H,1-2,5-8,10,15H2. The smallest absolute Gasteiger partial charge is 0.243 e. The summed E-state index contributed by atoms with van der Waals surface area (Å²) in [5.74, 6) is 0.968. The zero-order valence-electron chi connectivity index (χ0n) is 10.6. The maximum Gasteiger partial charge on any atom is 0.243 e. The monoisotopic (exact) mass is 248 g/mol. The van der Waals surface area contributed by atoms with Crippen LogP contribution >= 0.6 is 0 Å². The molecule has 2 saturated carbocycles. The summed E-state index contributed by atoms with van der Waals surface area (Å²) in [4.78, 5) is 14.6. The molecule has 0 radical (unpaired) electrons. The second kappa shape index (κ2) is 4.43. The fourth-order valence-electron chi connectivity index (χ4n) is 2.83. The first-order valence-electron chi connectivity index (χ1n) is 6.81. The van der Waals surface area contributed by atoms with Crippen LogP contribution in [-0.4, -0.2) is 22.4 Å². The minimum Gasteiger partial charge on any atom is -0.467 e. The van der Waals surface area contributed by atoms with Crippen LogP contribution in [0, 0.1) is 0 Å². The van der Waals surface area contributed by atoms with Gasteiger partial charge in [0.2, 0.25) is 5.91 Å². The molecule has 0 bridgehead atoms. The Bertz CT molecular complexity index is 417. The highest BCUT2D eigenvalue weighted by Gasteiger charge is 2.44. The zero-order valence-corrected chi connectivity index (χ0v) is 10.6. The Kier molecular flexibility index (Phi) is 2.90. The lowest BCUT2D eigenvalue weighted by molar-refractivity contribution is -0.138. The second-order valence-corrected chi connectivity index (χ2v) is 5.61. The largest absolute Gasteiger partial charge is 0.467 e. The molecule has 1 aromatic heterocycles. The molecule has 0 unspecified atom stereocenters. The quantitative estimate of drug-likeness (QED) is 0.887. The van der Waals surface area contributed by atoms with Gasteiger partial charge in [-0.25, -0.2) is 0 Å². The van der Waals surface area contributed by atoms with E-state index < -0.39 is 5.54 Å². The minimum absolute atomic E-state index is 0.124. The van der Waals surface area contributed by atoms with Gasteiger partial charge in [-0.1, -0.05) is 12.8 Å². The van der Waals surface area contributed by atoms with Gasteiger partial charge in [0.05, 0.1) is 18.3 Å². The number of carbonyl (C=O) groups is 1. The summed E-state index contributed by atoms with van der Waals surface area (Å²) >= 11 is 0. The van der Waals surface area contributed by atoms with Crippen LogP contribution in [0.25, 0.3) is 0 Å². The summed E-state index contributed by atoms with van der Waals surface area (Å²) in [5.41, 5.74) is 5.66. The Morgan fingerprint density at radius 3 is 2.72 bits per heavy atom. The van der Waals surface area contributed by atoms with E-state index >= 15 is 0 Å². The Morgan fingerprint density at radius 1 is 1.44 bits per heavy atom. The van der Waals surface area contributed by atoms with Crippen molar-refractivity contribution in [3.63, 3.8) is 0 Å². The molecule has 2 aliphatic carbocycles. The first kappa shape index (κ1) is 11.8. The van der Waals surface area contributed by atoms with E-state index in [1.54, 1.807) is 6.26 Å². The third-order valence-corrected chi connectivity index (χ3v) is 4.08. The summed E-state index contributed by atoms with van der Waals surface area (Å²) in [5, 5.41) is 0. The molecule has 2 N–H and O–H groups in total. The van der Waals surface area contributed by atoms with E-state index in [0.717, 1.165) is 44.3 Å². The molecule has 0 atom stereocenters. The lowest BCUT2D eigenvalue weighted by Crippen LogP contribution is -2.53. The lowest BCUT2D eigenvalue weighted by atomic mass is 9.97. The maximum atomic E-state index is 12.6. The summed E-state index contributed by atoms with van der Waals surface area (Å²) < 4.78 is 5.35. The van der Waals surface area contributed by atoms with E-state index in [9.17, 15) is 4.79 Å². The molecule has 4 nitrogen and oxygen atoms in total. The molecule has 2 aliphatic rings. The highest BCUT2D eigenvalue weighted by molar-refractivity contribution is 5.87. The van der Waals surface area contributed by atoms with Crippen molar-refractivity contribution < 1.29 is 9.21 Å². The molecule has 3 rings (SSSR count). The summed E-state index contributed by atoms with van der Waals surface area (Å²) in [6.45, 7) is 0.565. The van der Waals surface area contributed by atoms with Crippen molar-refractivity contribution in [2.45, 2.75) is 56.7 Å².